The van der Waals surface area contributed by atoms with Crippen LogP contribution in [0.25, 0.3) is 0 Å². The van der Waals surface area contributed by atoms with Gasteiger partial charge in [-0.3, -0.25) is 0 Å². The maximum absolute atomic E-state index is 6.21. The highest BCUT2D eigenvalue weighted by Gasteiger charge is 2.06. The number of hydrogen-bond donors (Lipinski definition) is 0. The average Bonchev–Trinajstić information content (AvgIpc) is 2.63. The molecule has 0 spiro atoms. The molecule has 0 aliphatic carbocycles. The third-order valence-electron chi connectivity index (χ3n) is 4.55. The molecule has 2 aromatic rings. The predicted molar refractivity (Wildman–Crippen MR) is 125 cm³/mol. The first-order valence-electron chi connectivity index (χ1n) is 9.53. The summed E-state index contributed by atoms with van der Waals surface area (Å²) in [5, 5.41) is 3.15. The Morgan fingerprint density at radius 2 is 0.889 bits per heavy atom. The molecule has 0 fully saturated rings. The summed E-state index contributed by atoms with van der Waals surface area (Å²) in [5.74, 6) is 2.46. The summed E-state index contributed by atoms with van der Waals surface area (Å²) in [5.41, 5.74) is 2.18. The van der Waals surface area contributed by atoms with Crippen molar-refractivity contribution in [3.63, 3.8) is 0 Å². The fourth-order valence-electron chi connectivity index (χ4n) is 3.01. The van der Waals surface area contributed by atoms with Crippen LogP contribution in [0.15, 0.2) is 36.4 Å². The molecule has 0 saturated carbocycles. The molecule has 0 aliphatic heterocycles. The van der Waals surface area contributed by atoms with E-state index in [1.54, 1.807) is 0 Å². The molecule has 27 heavy (non-hydrogen) atoms. The van der Waals surface area contributed by atoms with Gasteiger partial charge in [0.05, 0.1) is 0 Å². The third kappa shape index (κ3) is 8.46. The molecule has 0 saturated heterocycles. The van der Waals surface area contributed by atoms with E-state index in [1.165, 1.54) is 37.2 Å². The highest BCUT2D eigenvalue weighted by molar-refractivity contribution is 7.99. The van der Waals surface area contributed by atoms with Gasteiger partial charge in [0.25, 0.3) is 0 Å². The molecule has 0 aliphatic rings. The maximum Gasteiger partial charge on any atom is 0.0452 e. The molecular weight excluding hydrogens is 438 g/mol. The van der Waals surface area contributed by atoms with Crippen molar-refractivity contribution >= 4 is 58.2 Å². The van der Waals surface area contributed by atoms with Gasteiger partial charge in [0.15, 0.2) is 0 Å². The van der Waals surface area contributed by atoms with Crippen LogP contribution in [-0.2, 0) is 12.8 Å². The van der Waals surface area contributed by atoms with Crippen LogP contribution in [0.2, 0.25) is 20.1 Å². The number of halogens is 4. The van der Waals surface area contributed by atoms with E-state index in [4.69, 9.17) is 46.4 Å². The highest BCUT2D eigenvalue weighted by Crippen LogP contribution is 2.27. The number of unbranched alkanes of at least 4 members (excludes halogenated alkanes) is 4. The van der Waals surface area contributed by atoms with E-state index >= 15 is 0 Å². The summed E-state index contributed by atoms with van der Waals surface area (Å²) in [4.78, 5) is 0. The number of benzene rings is 2. The molecule has 0 radical (unpaired) electrons. The monoisotopic (exact) mass is 462 g/mol. The van der Waals surface area contributed by atoms with Gasteiger partial charge in [0.1, 0.15) is 0 Å². The molecule has 0 heterocycles. The SMILES string of the molecule is Clc1cccc(Cl)c1CCCCCSCCCCCc1c(Cl)cccc1Cl. The molecule has 0 aromatic heterocycles. The Labute approximate surface area is 187 Å². The van der Waals surface area contributed by atoms with Crippen molar-refractivity contribution in [1.82, 2.24) is 0 Å². The molecule has 2 rings (SSSR count). The Morgan fingerprint density at radius 1 is 0.519 bits per heavy atom. The Kier molecular flexibility index (Phi) is 11.4. The van der Waals surface area contributed by atoms with Gasteiger partial charge in [0, 0.05) is 20.1 Å². The minimum atomic E-state index is 0.787. The van der Waals surface area contributed by atoms with Gasteiger partial charge in [-0.05, 0) is 85.4 Å². The zero-order valence-corrected chi connectivity index (χ0v) is 19.3. The Bertz CT molecular complexity index is 603. The van der Waals surface area contributed by atoms with Crippen molar-refractivity contribution in [2.45, 2.75) is 51.4 Å². The summed E-state index contributed by atoms with van der Waals surface area (Å²) >= 11 is 26.9. The van der Waals surface area contributed by atoms with E-state index in [1.807, 2.05) is 36.4 Å². The largest absolute Gasteiger partial charge is 0.162 e. The Morgan fingerprint density at radius 3 is 1.26 bits per heavy atom. The van der Waals surface area contributed by atoms with E-state index in [-0.39, 0.29) is 0 Å². The molecule has 0 unspecified atom stereocenters. The van der Waals surface area contributed by atoms with Gasteiger partial charge in [-0.2, -0.15) is 11.8 Å². The van der Waals surface area contributed by atoms with Crippen molar-refractivity contribution < 1.29 is 0 Å². The van der Waals surface area contributed by atoms with E-state index in [2.05, 4.69) is 11.8 Å². The first-order chi connectivity index (χ1) is 13.1. The van der Waals surface area contributed by atoms with Crippen LogP contribution in [0.4, 0.5) is 0 Å². The van der Waals surface area contributed by atoms with Crippen LogP contribution in [0.5, 0.6) is 0 Å². The van der Waals surface area contributed by atoms with Crippen LogP contribution in [0.1, 0.15) is 49.7 Å². The lowest BCUT2D eigenvalue weighted by molar-refractivity contribution is 0.715. The third-order valence-corrected chi connectivity index (χ3v) is 7.13. The maximum atomic E-state index is 6.21. The first kappa shape index (κ1) is 23.2. The van der Waals surface area contributed by atoms with Crippen molar-refractivity contribution in [1.29, 1.82) is 0 Å². The highest BCUT2D eigenvalue weighted by atomic mass is 35.5. The molecule has 0 bridgehead atoms. The Balaban J connectivity index is 1.46. The second kappa shape index (κ2) is 13.2. The van der Waals surface area contributed by atoms with E-state index < -0.39 is 0 Å². The van der Waals surface area contributed by atoms with Crippen LogP contribution >= 0.6 is 58.2 Å². The number of hydrogen-bond acceptors (Lipinski definition) is 1. The van der Waals surface area contributed by atoms with Crippen molar-refractivity contribution in [3.05, 3.63) is 67.6 Å². The topological polar surface area (TPSA) is 0 Å². The normalized spacial score (nSPS) is 11.1. The zero-order chi connectivity index (χ0) is 19.5. The molecule has 5 heteroatoms. The Hall–Kier alpha value is -0.0500. The molecular formula is C22H26Cl4S. The van der Waals surface area contributed by atoms with E-state index in [0.717, 1.165) is 56.9 Å². The first-order valence-corrected chi connectivity index (χ1v) is 12.2. The van der Waals surface area contributed by atoms with Crippen molar-refractivity contribution in [2.75, 3.05) is 11.5 Å². The fourth-order valence-corrected chi connectivity index (χ4v) is 5.20. The number of thioether (sulfide) groups is 1. The van der Waals surface area contributed by atoms with Gasteiger partial charge in [-0.1, -0.05) is 71.4 Å². The predicted octanol–water partition coefficient (Wildman–Crippen LogP) is 9.16. The van der Waals surface area contributed by atoms with E-state index in [9.17, 15) is 0 Å². The molecule has 0 atom stereocenters. The minimum absolute atomic E-state index is 0.787. The van der Waals surface area contributed by atoms with E-state index in [0.29, 0.717) is 0 Å². The van der Waals surface area contributed by atoms with Gasteiger partial charge >= 0.3 is 0 Å². The zero-order valence-electron chi connectivity index (χ0n) is 15.5. The fraction of sp³-hybridized carbons (Fsp3) is 0.455. The van der Waals surface area contributed by atoms with Crippen LogP contribution in [0, 0.1) is 0 Å². The molecule has 2 aromatic carbocycles. The smallest absolute Gasteiger partial charge is 0.0452 e. The number of rotatable bonds is 12. The van der Waals surface area contributed by atoms with Gasteiger partial charge in [-0.15, -0.1) is 0 Å². The van der Waals surface area contributed by atoms with Crippen molar-refractivity contribution in [3.8, 4) is 0 Å². The van der Waals surface area contributed by atoms with Crippen LogP contribution in [0.3, 0.4) is 0 Å². The lowest BCUT2D eigenvalue weighted by Gasteiger charge is -2.07. The van der Waals surface area contributed by atoms with Crippen LogP contribution in [-0.4, -0.2) is 11.5 Å². The lowest BCUT2D eigenvalue weighted by atomic mass is 10.1. The minimum Gasteiger partial charge on any atom is -0.162 e. The second-order valence-electron chi connectivity index (χ2n) is 6.63. The molecule has 0 amide bonds. The molecule has 148 valence electrons. The van der Waals surface area contributed by atoms with Gasteiger partial charge in [-0.25, -0.2) is 0 Å². The summed E-state index contributed by atoms with van der Waals surface area (Å²) in [6.07, 6.45) is 9.16. The summed E-state index contributed by atoms with van der Waals surface area (Å²) < 4.78 is 0. The quantitative estimate of drug-likeness (QED) is 0.282. The van der Waals surface area contributed by atoms with Gasteiger partial charge in [0.2, 0.25) is 0 Å². The standard InChI is InChI=1S/C22H26Cl4S/c23-19-11-7-12-20(24)17(19)9-3-1-5-15-27-16-6-2-4-10-18-21(25)13-8-14-22(18)26/h7-8,11-14H,1-6,9-10,15-16H2. The second-order valence-corrected chi connectivity index (χ2v) is 9.49. The van der Waals surface area contributed by atoms with Gasteiger partial charge < -0.3 is 0 Å². The summed E-state index contributed by atoms with van der Waals surface area (Å²) in [7, 11) is 0. The van der Waals surface area contributed by atoms with Crippen molar-refractivity contribution in [2.24, 2.45) is 0 Å². The molecule has 0 nitrogen and oxygen atoms in total. The lowest BCUT2D eigenvalue weighted by Crippen LogP contribution is -1.92. The molecule has 0 N–H and O–H groups in total. The summed E-state index contributed by atoms with van der Waals surface area (Å²) in [6.45, 7) is 0. The summed E-state index contributed by atoms with van der Waals surface area (Å²) in [6, 6.07) is 11.5. The average molecular weight is 464 g/mol. The van der Waals surface area contributed by atoms with Crippen LogP contribution < -0.4 is 0 Å².